The Morgan fingerprint density at radius 2 is 2.18 bits per heavy atom. The number of hydrogen-bond acceptors (Lipinski definition) is 1. The van der Waals surface area contributed by atoms with Crippen molar-refractivity contribution in [1.82, 2.24) is 4.98 Å². The lowest BCUT2D eigenvalue weighted by atomic mass is 10.1. The molecule has 0 unspecified atom stereocenters. The van der Waals surface area contributed by atoms with Crippen molar-refractivity contribution in [2.24, 2.45) is 0 Å². The third kappa shape index (κ3) is 1.40. The molecule has 1 aliphatic heterocycles. The first-order chi connectivity index (χ1) is 5.47. The first-order valence-corrected chi connectivity index (χ1v) is 4.20. The Balaban J connectivity index is 2.16. The highest BCUT2D eigenvalue weighted by Gasteiger charge is 2.19. The van der Waals surface area contributed by atoms with E-state index in [2.05, 4.69) is 22.4 Å². The van der Waals surface area contributed by atoms with Gasteiger partial charge in [-0.25, -0.2) is 0 Å². The number of nitrogens with two attached hydrogens (primary N) is 1. The Hall–Kier alpha value is -0.890. The van der Waals surface area contributed by atoms with Gasteiger partial charge in [-0.3, -0.25) is 4.98 Å². The highest BCUT2D eigenvalue weighted by Crippen LogP contribution is 2.15. The number of hydrogen-bond donors (Lipinski definition) is 1. The van der Waals surface area contributed by atoms with Crippen molar-refractivity contribution in [1.29, 1.82) is 0 Å². The molecule has 1 fully saturated rings. The smallest absolute Gasteiger partial charge is 0.112 e. The number of rotatable bonds is 1. The minimum Gasteiger partial charge on any atom is -0.340 e. The molecule has 2 rings (SSSR count). The molecule has 1 aromatic rings. The van der Waals surface area contributed by atoms with Crippen molar-refractivity contribution in [3.63, 3.8) is 0 Å². The summed E-state index contributed by atoms with van der Waals surface area (Å²) in [7, 11) is 0. The fourth-order valence-electron chi connectivity index (χ4n) is 1.69. The molecule has 2 heteroatoms. The Morgan fingerprint density at radius 1 is 1.36 bits per heavy atom. The molecule has 1 aliphatic rings. The maximum Gasteiger partial charge on any atom is 0.112 e. The van der Waals surface area contributed by atoms with Crippen molar-refractivity contribution >= 4 is 0 Å². The molecule has 58 valence electrons. The molecule has 0 spiro atoms. The van der Waals surface area contributed by atoms with E-state index < -0.39 is 0 Å². The van der Waals surface area contributed by atoms with Gasteiger partial charge in [-0.05, 0) is 12.1 Å². The molecule has 1 aromatic heterocycles. The van der Waals surface area contributed by atoms with Gasteiger partial charge in [-0.15, -0.1) is 0 Å². The SMILES string of the molecule is c1cc([C@H]2CCC[NH2+]2)ccn1. The minimum atomic E-state index is 0.706. The van der Waals surface area contributed by atoms with E-state index in [1.165, 1.54) is 24.9 Å². The molecule has 0 amide bonds. The molecule has 11 heavy (non-hydrogen) atoms. The third-order valence-electron chi connectivity index (χ3n) is 2.30. The summed E-state index contributed by atoms with van der Waals surface area (Å²) in [6, 6.07) is 4.94. The van der Waals surface area contributed by atoms with Crippen LogP contribution in [0.4, 0.5) is 0 Å². The first kappa shape index (κ1) is 6.80. The van der Waals surface area contributed by atoms with Crippen LogP contribution >= 0.6 is 0 Å². The summed E-state index contributed by atoms with van der Waals surface area (Å²) in [6.45, 7) is 1.28. The summed E-state index contributed by atoms with van der Waals surface area (Å²) >= 11 is 0. The zero-order valence-corrected chi connectivity index (χ0v) is 6.53. The second-order valence-electron chi connectivity index (χ2n) is 3.05. The van der Waals surface area contributed by atoms with Crippen molar-refractivity contribution in [3.05, 3.63) is 30.1 Å². The summed E-state index contributed by atoms with van der Waals surface area (Å²) < 4.78 is 0. The lowest BCUT2D eigenvalue weighted by Gasteiger charge is -2.05. The predicted octanol–water partition coefficient (Wildman–Crippen LogP) is 0.480. The molecule has 0 aromatic carbocycles. The number of nitrogens with zero attached hydrogens (tertiary/aromatic N) is 1. The van der Waals surface area contributed by atoms with Crippen LogP contribution in [0.25, 0.3) is 0 Å². The van der Waals surface area contributed by atoms with Crippen LogP contribution in [0.5, 0.6) is 0 Å². The molecule has 0 bridgehead atoms. The highest BCUT2D eigenvalue weighted by molar-refractivity contribution is 5.12. The summed E-state index contributed by atoms with van der Waals surface area (Å²) in [5, 5.41) is 2.41. The van der Waals surface area contributed by atoms with Crippen molar-refractivity contribution < 1.29 is 5.32 Å². The van der Waals surface area contributed by atoms with Crippen molar-refractivity contribution in [2.45, 2.75) is 18.9 Å². The quantitative estimate of drug-likeness (QED) is 0.618. The van der Waals surface area contributed by atoms with E-state index >= 15 is 0 Å². The molecular weight excluding hydrogens is 136 g/mol. The van der Waals surface area contributed by atoms with Crippen LogP contribution in [-0.2, 0) is 0 Å². The topological polar surface area (TPSA) is 29.5 Å². The van der Waals surface area contributed by atoms with E-state index in [0.717, 1.165) is 0 Å². The number of pyridine rings is 1. The van der Waals surface area contributed by atoms with Gasteiger partial charge in [0.05, 0.1) is 6.54 Å². The van der Waals surface area contributed by atoms with Gasteiger partial charge in [0.25, 0.3) is 0 Å². The zero-order chi connectivity index (χ0) is 7.52. The molecule has 0 saturated carbocycles. The van der Waals surface area contributed by atoms with Crippen LogP contribution in [0.2, 0.25) is 0 Å². The fraction of sp³-hybridized carbons (Fsp3) is 0.444. The van der Waals surface area contributed by atoms with E-state index in [1.54, 1.807) is 0 Å². The van der Waals surface area contributed by atoms with E-state index in [1.807, 2.05) is 12.4 Å². The molecule has 0 radical (unpaired) electrons. The van der Waals surface area contributed by atoms with Gasteiger partial charge in [0.15, 0.2) is 0 Å². The average molecular weight is 149 g/mol. The Labute approximate surface area is 66.7 Å². The first-order valence-electron chi connectivity index (χ1n) is 4.20. The molecule has 1 atom stereocenters. The molecule has 2 heterocycles. The fourth-order valence-corrected chi connectivity index (χ4v) is 1.69. The van der Waals surface area contributed by atoms with E-state index in [-0.39, 0.29) is 0 Å². The van der Waals surface area contributed by atoms with E-state index in [4.69, 9.17) is 0 Å². The maximum absolute atomic E-state index is 4.00. The zero-order valence-electron chi connectivity index (χ0n) is 6.53. The van der Waals surface area contributed by atoms with E-state index in [0.29, 0.717) is 6.04 Å². The van der Waals surface area contributed by atoms with Crippen LogP contribution < -0.4 is 5.32 Å². The van der Waals surface area contributed by atoms with Crippen LogP contribution in [-0.4, -0.2) is 11.5 Å². The van der Waals surface area contributed by atoms with Gasteiger partial charge in [0.1, 0.15) is 6.04 Å². The second kappa shape index (κ2) is 3.01. The standard InChI is InChI=1S/C9H12N2/c1-2-9(11-5-1)8-3-6-10-7-4-8/h3-4,6-7,9,11H,1-2,5H2/p+1/t9-/m1/s1. The monoisotopic (exact) mass is 149 g/mol. The lowest BCUT2D eigenvalue weighted by Crippen LogP contribution is -2.81. The van der Waals surface area contributed by atoms with Gasteiger partial charge in [0.2, 0.25) is 0 Å². The van der Waals surface area contributed by atoms with Crippen molar-refractivity contribution in [3.8, 4) is 0 Å². The highest BCUT2D eigenvalue weighted by atomic mass is 14.9. The number of quaternary nitrogens is 1. The molecular formula is C9H13N2+. The molecule has 1 saturated heterocycles. The second-order valence-corrected chi connectivity index (χ2v) is 3.05. The maximum atomic E-state index is 4.00. The van der Waals surface area contributed by atoms with Crippen LogP contribution in [0.3, 0.4) is 0 Å². The normalized spacial score (nSPS) is 23.8. The van der Waals surface area contributed by atoms with Crippen molar-refractivity contribution in [2.75, 3.05) is 6.54 Å². The predicted molar refractivity (Wildman–Crippen MR) is 43.0 cm³/mol. The Morgan fingerprint density at radius 3 is 2.82 bits per heavy atom. The van der Waals surface area contributed by atoms with Gasteiger partial charge in [0, 0.05) is 30.8 Å². The third-order valence-corrected chi connectivity index (χ3v) is 2.30. The average Bonchev–Trinajstić information content (AvgIpc) is 2.58. The summed E-state index contributed by atoms with van der Waals surface area (Å²) in [5.41, 5.74) is 1.43. The number of aromatic nitrogens is 1. The molecule has 2 nitrogen and oxygen atoms in total. The Bertz CT molecular complexity index is 214. The van der Waals surface area contributed by atoms with Gasteiger partial charge >= 0.3 is 0 Å². The van der Waals surface area contributed by atoms with Gasteiger partial charge < -0.3 is 5.32 Å². The van der Waals surface area contributed by atoms with Gasteiger partial charge in [-0.2, -0.15) is 0 Å². The van der Waals surface area contributed by atoms with E-state index in [9.17, 15) is 0 Å². The Kier molecular flexibility index (Phi) is 1.86. The summed E-state index contributed by atoms with van der Waals surface area (Å²) in [5.74, 6) is 0. The molecule has 0 aliphatic carbocycles. The van der Waals surface area contributed by atoms with Crippen LogP contribution in [0, 0.1) is 0 Å². The minimum absolute atomic E-state index is 0.706. The summed E-state index contributed by atoms with van der Waals surface area (Å²) in [4.78, 5) is 4.00. The summed E-state index contributed by atoms with van der Waals surface area (Å²) in [6.07, 6.45) is 6.43. The van der Waals surface area contributed by atoms with Gasteiger partial charge in [-0.1, -0.05) is 0 Å². The van der Waals surface area contributed by atoms with Crippen LogP contribution in [0.1, 0.15) is 24.4 Å². The lowest BCUT2D eigenvalue weighted by molar-refractivity contribution is -0.676. The largest absolute Gasteiger partial charge is 0.340 e. The molecule has 2 N–H and O–H groups in total. The van der Waals surface area contributed by atoms with Crippen LogP contribution in [0.15, 0.2) is 24.5 Å².